The van der Waals surface area contributed by atoms with Gasteiger partial charge in [-0.2, -0.15) is 0 Å². The Morgan fingerprint density at radius 1 is 1.00 bits per heavy atom. The van der Waals surface area contributed by atoms with Crippen molar-refractivity contribution >= 4 is 28.3 Å². The summed E-state index contributed by atoms with van der Waals surface area (Å²) in [6.07, 6.45) is 0. The topological polar surface area (TPSA) is 78.0 Å². The summed E-state index contributed by atoms with van der Waals surface area (Å²) in [5.74, 6) is 0. The molecule has 138 valence electrons. The van der Waals surface area contributed by atoms with E-state index in [1.807, 2.05) is 30.3 Å². The van der Waals surface area contributed by atoms with E-state index in [0.29, 0.717) is 28.2 Å². The highest BCUT2D eigenvalue weighted by Gasteiger charge is 2.16. The largest absolute Gasteiger partial charge is 0.300 e. The zero-order valence-corrected chi connectivity index (χ0v) is 15.3. The van der Waals surface area contributed by atoms with Crippen molar-refractivity contribution in [3.05, 3.63) is 104 Å². The molecule has 7 heteroatoms. The van der Waals surface area contributed by atoms with Gasteiger partial charge in [0.2, 0.25) is 0 Å². The summed E-state index contributed by atoms with van der Waals surface area (Å²) in [5, 5.41) is 11.6. The first-order chi connectivity index (χ1) is 13.5. The normalized spacial score (nSPS) is 10.9. The quantitative estimate of drug-likeness (QED) is 0.374. The van der Waals surface area contributed by atoms with Crippen LogP contribution in [0.3, 0.4) is 0 Å². The second-order valence-corrected chi connectivity index (χ2v) is 6.71. The third-order valence-corrected chi connectivity index (χ3v) is 4.66. The van der Waals surface area contributed by atoms with Gasteiger partial charge >= 0.3 is 0 Å². The van der Waals surface area contributed by atoms with E-state index in [1.165, 1.54) is 18.2 Å². The summed E-state index contributed by atoms with van der Waals surface area (Å²) >= 11 is 6.12. The number of nitrogens with zero attached hydrogens (tertiary/aromatic N) is 3. The zero-order valence-electron chi connectivity index (χ0n) is 14.6. The third kappa shape index (κ3) is 3.37. The van der Waals surface area contributed by atoms with Crippen LogP contribution < -0.4 is 5.56 Å². The maximum absolute atomic E-state index is 13.3. The van der Waals surface area contributed by atoms with E-state index < -0.39 is 4.92 Å². The lowest BCUT2D eigenvalue weighted by Crippen LogP contribution is -2.24. The minimum atomic E-state index is -0.496. The van der Waals surface area contributed by atoms with E-state index in [1.54, 1.807) is 28.8 Å². The van der Waals surface area contributed by atoms with Crippen LogP contribution in [0.25, 0.3) is 22.3 Å². The van der Waals surface area contributed by atoms with Crippen molar-refractivity contribution in [3.63, 3.8) is 0 Å². The molecule has 1 heterocycles. The van der Waals surface area contributed by atoms with Crippen LogP contribution in [0.1, 0.15) is 5.56 Å². The fourth-order valence-corrected chi connectivity index (χ4v) is 3.26. The molecule has 1 aromatic heterocycles. The number of hydrogen-bond donors (Lipinski definition) is 0. The second kappa shape index (κ2) is 7.25. The Labute approximate surface area is 164 Å². The highest BCUT2D eigenvalue weighted by atomic mass is 35.5. The number of benzene rings is 3. The highest BCUT2D eigenvalue weighted by molar-refractivity contribution is 6.31. The van der Waals surface area contributed by atoms with Crippen molar-refractivity contribution in [3.8, 4) is 11.3 Å². The summed E-state index contributed by atoms with van der Waals surface area (Å²) in [6.45, 7) is 0.349. The summed E-state index contributed by atoms with van der Waals surface area (Å²) in [7, 11) is 0. The smallest absolute Gasteiger partial charge is 0.277 e. The van der Waals surface area contributed by atoms with Crippen molar-refractivity contribution in [2.45, 2.75) is 6.54 Å². The van der Waals surface area contributed by atoms with Gasteiger partial charge in [-0.05, 0) is 23.8 Å². The van der Waals surface area contributed by atoms with Gasteiger partial charge < -0.3 is 4.57 Å². The summed E-state index contributed by atoms with van der Waals surface area (Å²) in [6, 6.07) is 20.6. The molecule has 3 aromatic carbocycles. The monoisotopic (exact) mass is 391 g/mol. The van der Waals surface area contributed by atoms with Crippen LogP contribution in [0.4, 0.5) is 5.69 Å². The first-order valence-corrected chi connectivity index (χ1v) is 8.89. The fraction of sp³-hybridized carbons (Fsp3) is 0.0476. The van der Waals surface area contributed by atoms with Crippen molar-refractivity contribution in [2.75, 3.05) is 0 Å². The van der Waals surface area contributed by atoms with Gasteiger partial charge in [0.1, 0.15) is 5.69 Å². The molecule has 0 amide bonds. The summed E-state index contributed by atoms with van der Waals surface area (Å²) < 4.78 is 1.61. The van der Waals surface area contributed by atoms with Gasteiger partial charge in [-0.15, -0.1) is 0 Å². The number of nitro benzene ring substituents is 1. The first-order valence-electron chi connectivity index (χ1n) is 8.52. The Kier molecular flexibility index (Phi) is 4.63. The third-order valence-electron chi connectivity index (χ3n) is 4.42. The molecule has 0 saturated heterocycles. The number of aromatic nitrogens is 2. The number of hydrogen-bond acceptors (Lipinski definition) is 4. The highest BCUT2D eigenvalue weighted by Crippen LogP contribution is 2.24. The standard InChI is InChI=1S/C21H14ClN3O3/c22-16-9-10-19-18(12-16)23-20(15-7-4-8-17(11-15)25(27)28)21(26)24(19)13-14-5-2-1-3-6-14/h1-12H,13H2. The average molecular weight is 392 g/mol. The molecule has 0 bridgehead atoms. The number of non-ortho nitro benzene ring substituents is 1. The Morgan fingerprint density at radius 2 is 1.79 bits per heavy atom. The van der Waals surface area contributed by atoms with Crippen LogP contribution in [0.15, 0.2) is 77.6 Å². The average Bonchev–Trinajstić information content (AvgIpc) is 2.70. The molecule has 0 saturated carbocycles. The van der Waals surface area contributed by atoms with Gasteiger partial charge in [-0.3, -0.25) is 14.9 Å². The predicted molar refractivity (Wildman–Crippen MR) is 109 cm³/mol. The van der Waals surface area contributed by atoms with Crippen LogP contribution in [-0.2, 0) is 6.54 Å². The molecule has 0 unspecified atom stereocenters. The van der Waals surface area contributed by atoms with Gasteiger partial charge in [0.15, 0.2) is 0 Å². The molecule has 0 aliphatic rings. The molecular formula is C21H14ClN3O3. The molecular weight excluding hydrogens is 378 g/mol. The van der Waals surface area contributed by atoms with E-state index in [0.717, 1.165) is 5.56 Å². The Balaban J connectivity index is 1.97. The molecule has 0 fully saturated rings. The zero-order chi connectivity index (χ0) is 19.7. The maximum atomic E-state index is 13.3. The summed E-state index contributed by atoms with van der Waals surface area (Å²) in [4.78, 5) is 28.3. The lowest BCUT2D eigenvalue weighted by Gasteiger charge is -2.13. The van der Waals surface area contributed by atoms with Crippen LogP contribution in [0.2, 0.25) is 5.02 Å². The van der Waals surface area contributed by atoms with Crippen molar-refractivity contribution in [2.24, 2.45) is 0 Å². The van der Waals surface area contributed by atoms with Crippen molar-refractivity contribution in [1.29, 1.82) is 0 Å². The number of fused-ring (bicyclic) bond motifs is 1. The number of rotatable bonds is 4. The Morgan fingerprint density at radius 3 is 2.54 bits per heavy atom. The van der Waals surface area contributed by atoms with Crippen LogP contribution in [0.5, 0.6) is 0 Å². The van der Waals surface area contributed by atoms with Gasteiger partial charge in [0, 0.05) is 22.7 Å². The molecule has 0 aliphatic carbocycles. The SMILES string of the molecule is O=c1c(-c2cccc([N+](=O)[O-])c2)nc2cc(Cl)ccc2n1Cc1ccccc1. The Hall–Kier alpha value is -3.51. The molecule has 0 N–H and O–H groups in total. The van der Waals surface area contributed by atoms with Crippen molar-refractivity contribution in [1.82, 2.24) is 9.55 Å². The van der Waals surface area contributed by atoms with Gasteiger partial charge in [0.25, 0.3) is 11.2 Å². The van der Waals surface area contributed by atoms with E-state index in [9.17, 15) is 14.9 Å². The molecule has 6 nitrogen and oxygen atoms in total. The predicted octanol–water partition coefficient (Wildman–Crippen LogP) is 4.67. The molecule has 0 radical (unpaired) electrons. The number of nitro groups is 1. The van der Waals surface area contributed by atoms with Gasteiger partial charge in [-0.1, -0.05) is 54.1 Å². The second-order valence-electron chi connectivity index (χ2n) is 6.28. The van der Waals surface area contributed by atoms with E-state index in [4.69, 9.17) is 11.6 Å². The fourth-order valence-electron chi connectivity index (χ4n) is 3.10. The van der Waals surface area contributed by atoms with Crippen LogP contribution in [-0.4, -0.2) is 14.5 Å². The minimum absolute atomic E-state index is 0.0977. The molecule has 4 rings (SSSR count). The van der Waals surface area contributed by atoms with Gasteiger partial charge in [0.05, 0.1) is 22.5 Å². The van der Waals surface area contributed by atoms with E-state index in [-0.39, 0.29) is 16.9 Å². The first kappa shape index (κ1) is 17.9. The lowest BCUT2D eigenvalue weighted by molar-refractivity contribution is -0.384. The van der Waals surface area contributed by atoms with Gasteiger partial charge in [-0.25, -0.2) is 4.98 Å². The Bertz CT molecular complexity index is 1250. The van der Waals surface area contributed by atoms with Crippen molar-refractivity contribution < 1.29 is 4.92 Å². The molecule has 28 heavy (non-hydrogen) atoms. The van der Waals surface area contributed by atoms with E-state index in [2.05, 4.69) is 4.98 Å². The summed E-state index contributed by atoms with van der Waals surface area (Å²) in [5.41, 5.74) is 2.27. The van der Waals surface area contributed by atoms with E-state index >= 15 is 0 Å². The molecule has 0 spiro atoms. The maximum Gasteiger partial charge on any atom is 0.277 e. The van der Waals surface area contributed by atoms with Crippen LogP contribution >= 0.6 is 11.6 Å². The minimum Gasteiger partial charge on any atom is -0.300 e. The van der Waals surface area contributed by atoms with Crippen LogP contribution in [0, 0.1) is 10.1 Å². The molecule has 4 aromatic rings. The number of halogens is 1. The molecule has 0 aliphatic heterocycles. The molecule has 0 atom stereocenters. The lowest BCUT2D eigenvalue weighted by atomic mass is 10.1.